The van der Waals surface area contributed by atoms with E-state index < -0.39 is 23.4 Å². The molecule has 0 aliphatic heterocycles. The Morgan fingerprint density at radius 1 is 1.09 bits per heavy atom. The molecule has 1 saturated carbocycles. The Morgan fingerprint density at radius 2 is 1.78 bits per heavy atom. The van der Waals surface area contributed by atoms with Gasteiger partial charge < -0.3 is 9.84 Å². The monoisotopic (exact) mass is 456 g/mol. The molecule has 32 heavy (non-hydrogen) atoms. The van der Waals surface area contributed by atoms with Crippen molar-refractivity contribution in [3.63, 3.8) is 0 Å². The van der Waals surface area contributed by atoms with E-state index in [1.54, 1.807) is 48.5 Å². The van der Waals surface area contributed by atoms with Crippen molar-refractivity contribution in [1.82, 2.24) is 0 Å². The Kier molecular flexibility index (Phi) is 6.47. The third-order valence-electron chi connectivity index (χ3n) is 5.92. The molecule has 0 unspecified atom stereocenters. The van der Waals surface area contributed by atoms with Crippen LogP contribution in [0.15, 0.2) is 72.8 Å². The summed E-state index contributed by atoms with van der Waals surface area (Å²) in [6.07, 6.45) is 1.48. The first-order valence-corrected chi connectivity index (χ1v) is 10.9. The number of para-hydroxylation sites is 1. The predicted octanol–water partition coefficient (Wildman–Crippen LogP) is 7.19. The zero-order valence-corrected chi connectivity index (χ0v) is 18.1. The Bertz CT molecular complexity index is 1080. The molecule has 0 aromatic heterocycles. The summed E-state index contributed by atoms with van der Waals surface area (Å²) in [5.74, 6) is -2.32. The van der Waals surface area contributed by atoms with Gasteiger partial charge in [-0.05, 0) is 79.1 Å². The van der Waals surface area contributed by atoms with Crippen LogP contribution in [0.2, 0.25) is 5.02 Å². The van der Waals surface area contributed by atoms with Gasteiger partial charge in [0.2, 0.25) is 5.67 Å². The number of carboxylic acid groups (broad SMARTS) is 1. The number of hydrogen-bond donors (Lipinski definition) is 1. The molecule has 2 atom stereocenters. The largest absolute Gasteiger partial charge is 0.479 e. The molecule has 3 nitrogen and oxygen atoms in total. The summed E-state index contributed by atoms with van der Waals surface area (Å²) in [5, 5.41) is 10.4. The average molecular weight is 457 g/mol. The molecule has 1 N–H and O–H groups in total. The van der Waals surface area contributed by atoms with Crippen molar-refractivity contribution >= 4 is 17.6 Å². The lowest BCUT2D eigenvalue weighted by Crippen LogP contribution is -2.42. The SMILES string of the molecule is O=C(O)[C@@](F)(CCc1ccc(F)c(Oc2ccccc2)c1)[C@@H](c1ccc(Cl)cc1)C1CC1. The van der Waals surface area contributed by atoms with E-state index in [0.717, 1.165) is 12.8 Å². The highest BCUT2D eigenvalue weighted by molar-refractivity contribution is 6.30. The van der Waals surface area contributed by atoms with Crippen LogP contribution in [0.25, 0.3) is 0 Å². The van der Waals surface area contributed by atoms with Gasteiger partial charge in [0.1, 0.15) is 5.75 Å². The second-order valence-electron chi connectivity index (χ2n) is 8.21. The van der Waals surface area contributed by atoms with Crippen molar-refractivity contribution in [3.05, 3.63) is 94.8 Å². The minimum atomic E-state index is -2.45. The van der Waals surface area contributed by atoms with Crippen LogP contribution < -0.4 is 4.74 Å². The summed E-state index contributed by atoms with van der Waals surface area (Å²) in [6, 6.07) is 19.8. The fourth-order valence-corrected chi connectivity index (χ4v) is 4.25. The standard InChI is InChI=1S/C26H23ClF2O3/c27-20-11-9-19(10-12-20)24(18-7-8-18)26(29,25(30)31)15-14-17-6-13-22(28)23(16-17)32-21-4-2-1-3-5-21/h1-6,9-13,16,18,24H,7-8,14-15H2,(H,30,31)/t24-,26-/m1/s1. The van der Waals surface area contributed by atoms with Crippen LogP contribution in [0.3, 0.4) is 0 Å². The number of rotatable bonds is 9. The number of benzene rings is 3. The highest BCUT2D eigenvalue weighted by Gasteiger charge is 2.53. The van der Waals surface area contributed by atoms with Crippen LogP contribution in [0.4, 0.5) is 8.78 Å². The van der Waals surface area contributed by atoms with Crippen LogP contribution in [-0.4, -0.2) is 16.7 Å². The van der Waals surface area contributed by atoms with E-state index >= 15 is 4.39 Å². The molecule has 3 aromatic rings. The van der Waals surface area contributed by atoms with Gasteiger partial charge in [-0.3, -0.25) is 0 Å². The molecule has 0 heterocycles. The van der Waals surface area contributed by atoms with Crippen molar-refractivity contribution in [1.29, 1.82) is 0 Å². The van der Waals surface area contributed by atoms with Gasteiger partial charge >= 0.3 is 5.97 Å². The second kappa shape index (κ2) is 9.29. The summed E-state index contributed by atoms with van der Waals surface area (Å²) >= 11 is 5.96. The number of aryl methyl sites for hydroxylation is 1. The quantitative estimate of drug-likeness (QED) is 0.370. The third kappa shape index (κ3) is 4.94. The molecule has 0 radical (unpaired) electrons. The van der Waals surface area contributed by atoms with Crippen molar-refractivity contribution in [3.8, 4) is 11.5 Å². The van der Waals surface area contributed by atoms with Crippen molar-refractivity contribution < 1.29 is 23.4 Å². The van der Waals surface area contributed by atoms with Gasteiger partial charge in [0.05, 0.1) is 0 Å². The molecule has 1 aliphatic rings. The number of hydrogen-bond acceptors (Lipinski definition) is 2. The summed E-state index contributed by atoms with van der Waals surface area (Å²) in [7, 11) is 0. The second-order valence-corrected chi connectivity index (χ2v) is 8.65. The lowest BCUT2D eigenvalue weighted by molar-refractivity contribution is -0.153. The summed E-state index contributed by atoms with van der Waals surface area (Å²) in [5.41, 5.74) is -1.22. The Hall–Kier alpha value is -2.92. The molecular formula is C26H23ClF2O3. The molecule has 0 bridgehead atoms. The zero-order valence-electron chi connectivity index (χ0n) is 17.3. The van der Waals surface area contributed by atoms with Gasteiger partial charge in [-0.15, -0.1) is 0 Å². The summed E-state index contributed by atoms with van der Waals surface area (Å²) in [4.78, 5) is 12.1. The zero-order chi connectivity index (χ0) is 22.7. The fraction of sp³-hybridized carbons (Fsp3) is 0.269. The maximum absolute atomic E-state index is 16.1. The van der Waals surface area contributed by atoms with E-state index in [0.29, 0.717) is 21.9 Å². The normalized spacial score (nSPS) is 16.2. The first-order valence-electron chi connectivity index (χ1n) is 10.6. The molecule has 0 amide bonds. The molecule has 1 aliphatic carbocycles. The maximum atomic E-state index is 16.1. The summed E-state index contributed by atoms with van der Waals surface area (Å²) in [6.45, 7) is 0. The molecule has 6 heteroatoms. The highest BCUT2D eigenvalue weighted by atomic mass is 35.5. The minimum Gasteiger partial charge on any atom is -0.479 e. The van der Waals surface area contributed by atoms with Gasteiger partial charge in [-0.2, -0.15) is 0 Å². The maximum Gasteiger partial charge on any atom is 0.342 e. The topological polar surface area (TPSA) is 46.5 Å². The number of halogens is 3. The Morgan fingerprint density at radius 3 is 2.41 bits per heavy atom. The number of alkyl halides is 1. The number of carbonyl (C=O) groups is 1. The van der Waals surface area contributed by atoms with Crippen molar-refractivity contribution in [2.24, 2.45) is 5.92 Å². The van der Waals surface area contributed by atoms with Crippen LogP contribution in [0.1, 0.15) is 36.3 Å². The smallest absolute Gasteiger partial charge is 0.342 e. The van der Waals surface area contributed by atoms with E-state index in [1.165, 1.54) is 18.2 Å². The van der Waals surface area contributed by atoms with Crippen molar-refractivity contribution in [2.45, 2.75) is 37.3 Å². The first-order chi connectivity index (χ1) is 15.4. The van der Waals surface area contributed by atoms with Gasteiger partial charge in [-0.1, -0.05) is 48.0 Å². The molecule has 0 saturated heterocycles. The molecule has 4 rings (SSSR count). The summed E-state index contributed by atoms with van der Waals surface area (Å²) < 4.78 is 36.0. The van der Waals surface area contributed by atoms with E-state index in [-0.39, 0.29) is 24.5 Å². The van der Waals surface area contributed by atoms with E-state index in [2.05, 4.69) is 0 Å². The van der Waals surface area contributed by atoms with Gasteiger partial charge in [0.25, 0.3) is 0 Å². The Balaban J connectivity index is 1.56. The van der Waals surface area contributed by atoms with Crippen LogP contribution in [-0.2, 0) is 11.2 Å². The molecule has 166 valence electrons. The van der Waals surface area contributed by atoms with Crippen LogP contribution in [0, 0.1) is 11.7 Å². The molecule has 1 fully saturated rings. The molecule has 3 aromatic carbocycles. The number of ether oxygens (including phenoxy) is 1. The average Bonchev–Trinajstić information content (AvgIpc) is 3.61. The van der Waals surface area contributed by atoms with E-state index in [9.17, 15) is 14.3 Å². The Labute approximate surface area is 190 Å². The van der Waals surface area contributed by atoms with Crippen LogP contribution >= 0.6 is 11.6 Å². The third-order valence-corrected chi connectivity index (χ3v) is 6.17. The fourth-order valence-electron chi connectivity index (χ4n) is 4.13. The van der Waals surface area contributed by atoms with E-state index in [1.807, 2.05) is 6.07 Å². The van der Waals surface area contributed by atoms with Crippen molar-refractivity contribution in [2.75, 3.05) is 0 Å². The number of carboxylic acids is 1. The van der Waals surface area contributed by atoms with Crippen LogP contribution in [0.5, 0.6) is 11.5 Å². The van der Waals surface area contributed by atoms with E-state index in [4.69, 9.17) is 16.3 Å². The lowest BCUT2D eigenvalue weighted by Gasteiger charge is -2.31. The van der Waals surface area contributed by atoms with Gasteiger partial charge in [-0.25, -0.2) is 13.6 Å². The van der Waals surface area contributed by atoms with Gasteiger partial charge in [0, 0.05) is 10.9 Å². The first kappa shape index (κ1) is 22.3. The number of aliphatic carboxylic acids is 1. The molecule has 0 spiro atoms. The predicted molar refractivity (Wildman–Crippen MR) is 120 cm³/mol. The highest BCUT2D eigenvalue weighted by Crippen LogP contribution is 2.51. The molecular weight excluding hydrogens is 434 g/mol. The van der Waals surface area contributed by atoms with Gasteiger partial charge in [0.15, 0.2) is 11.6 Å². The lowest BCUT2D eigenvalue weighted by atomic mass is 9.76. The minimum absolute atomic E-state index is 0.0185.